The molecule has 0 fully saturated rings. The molecule has 1 heterocycles. The quantitative estimate of drug-likeness (QED) is 0.383. The van der Waals surface area contributed by atoms with Crippen molar-refractivity contribution in [1.29, 1.82) is 0 Å². The Hall–Kier alpha value is -2.04. The van der Waals surface area contributed by atoms with Gasteiger partial charge in [0.1, 0.15) is 0 Å². The molecule has 0 saturated carbocycles. The monoisotopic (exact) mass is 274 g/mol. The van der Waals surface area contributed by atoms with Crippen LogP contribution in [0.25, 0.3) is 26.3 Å². The molecule has 0 N–H and O–H groups in total. The highest BCUT2D eigenvalue weighted by atomic mass is 31.1. The number of fused-ring (bicyclic) bond motifs is 3. The van der Waals surface area contributed by atoms with Gasteiger partial charge in [0.15, 0.2) is 0 Å². The van der Waals surface area contributed by atoms with Crippen molar-refractivity contribution in [3.63, 3.8) is 0 Å². The first-order chi connectivity index (χ1) is 9.84. The summed E-state index contributed by atoms with van der Waals surface area (Å²) in [4.78, 5) is 0. The zero-order valence-electron chi connectivity index (χ0n) is 11.4. The molecule has 1 heteroatoms. The van der Waals surface area contributed by atoms with E-state index in [1.165, 1.54) is 31.9 Å². The zero-order chi connectivity index (χ0) is 13.5. The maximum absolute atomic E-state index is 2.37. The van der Waals surface area contributed by atoms with Crippen molar-refractivity contribution >= 4 is 28.5 Å². The predicted molar refractivity (Wildman–Crippen MR) is 90.2 cm³/mol. The minimum absolute atomic E-state index is 0.388. The molecule has 0 amide bonds. The average Bonchev–Trinajstić information content (AvgIpc) is 2.81. The number of rotatable bonds is 1. The van der Waals surface area contributed by atoms with Gasteiger partial charge in [-0.2, -0.15) is 0 Å². The Morgan fingerprint density at radius 3 is 2.20 bits per heavy atom. The van der Waals surface area contributed by atoms with Crippen LogP contribution in [-0.2, 0) is 0 Å². The fourth-order valence-electron chi connectivity index (χ4n) is 2.94. The first-order valence-electron chi connectivity index (χ1n) is 6.90. The van der Waals surface area contributed by atoms with Crippen LogP contribution in [0.5, 0.6) is 0 Å². The standard InChI is InChI=1S/C19H15P/c1-14-11-12-17-16-9-5-6-10-18(16)20(19(17)13-14)15-7-3-2-4-8-15/h2-13H,1H3. The van der Waals surface area contributed by atoms with Gasteiger partial charge in [-0.05, 0) is 29.1 Å². The van der Waals surface area contributed by atoms with Crippen LogP contribution in [0.4, 0.5) is 0 Å². The second kappa shape index (κ2) is 4.51. The Kier molecular flexibility index (Phi) is 2.65. The van der Waals surface area contributed by atoms with Crippen LogP contribution in [-0.4, -0.2) is 0 Å². The highest BCUT2D eigenvalue weighted by Crippen LogP contribution is 2.54. The van der Waals surface area contributed by atoms with E-state index in [0.717, 1.165) is 0 Å². The van der Waals surface area contributed by atoms with Gasteiger partial charge >= 0.3 is 0 Å². The fourth-order valence-corrected chi connectivity index (χ4v) is 5.66. The summed E-state index contributed by atoms with van der Waals surface area (Å²) in [7, 11) is -0.388. The summed E-state index contributed by atoms with van der Waals surface area (Å²) in [6.07, 6.45) is 0. The normalized spacial score (nSPS) is 12.2. The van der Waals surface area contributed by atoms with Gasteiger partial charge in [-0.25, -0.2) is 0 Å². The summed E-state index contributed by atoms with van der Waals surface area (Å²) >= 11 is 0. The number of hydrogen-bond donors (Lipinski definition) is 0. The third-order valence-electron chi connectivity index (χ3n) is 3.84. The zero-order valence-corrected chi connectivity index (χ0v) is 12.3. The molecule has 0 aliphatic heterocycles. The van der Waals surface area contributed by atoms with Gasteiger partial charge in [-0.1, -0.05) is 79.8 Å². The lowest BCUT2D eigenvalue weighted by atomic mass is 10.1. The second-order valence-electron chi connectivity index (χ2n) is 5.21. The Labute approximate surface area is 119 Å². The Morgan fingerprint density at radius 1 is 0.650 bits per heavy atom. The van der Waals surface area contributed by atoms with E-state index in [4.69, 9.17) is 0 Å². The predicted octanol–water partition coefficient (Wildman–Crippen LogP) is 6.28. The third-order valence-corrected chi connectivity index (χ3v) is 6.38. The van der Waals surface area contributed by atoms with Crippen molar-refractivity contribution in [2.24, 2.45) is 0 Å². The van der Waals surface area contributed by atoms with E-state index in [1.807, 2.05) is 0 Å². The fraction of sp³-hybridized carbons (Fsp3) is 0.0526. The third kappa shape index (κ3) is 1.69. The molecule has 0 radical (unpaired) electrons. The number of benzene rings is 3. The lowest BCUT2D eigenvalue weighted by molar-refractivity contribution is 1.52. The van der Waals surface area contributed by atoms with E-state index in [-0.39, 0.29) is 7.53 Å². The number of aryl methyl sites for hydroxylation is 1. The van der Waals surface area contributed by atoms with Gasteiger partial charge in [0.25, 0.3) is 0 Å². The lowest BCUT2D eigenvalue weighted by Crippen LogP contribution is -1.70. The van der Waals surface area contributed by atoms with Crippen molar-refractivity contribution in [1.82, 2.24) is 0 Å². The molecular formula is C19H15P. The van der Waals surface area contributed by atoms with Crippen LogP contribution in [0, 0.1) is 6.92 Å². The van der Waals surface area contributed by atoms with Crippen molar-refractivity contribution in [2.45, 2.75) is 6.92 Å². The molecule has 1 aromatic heterocycles. The highest BCUT2D eigenvalue weighted by molar-refractivity contribution is 7.67. The van der Waals surface area contributed by atoms with E-state index in [2.05, 4.69) is 79.7 Å². The van der Waals surface area contributed by atoms with Gasteiger partial charge < -0.3 is 0 Å². The molecule has 0 nitrogen and oxygen atoms in total. The van der Waals surface area contributed by atoms with Crippen LogP contribution in [0.1, 0.15) is 5.56 Å². The van der Waals surface area contributed by atoms with E-state index in [9.17, 15) is 0 Å². The van der Waals surface area contributed by atoms with Gasteiger partial charge in [0.05, 0.1) is 0 Å². The lowest BCUT2D eigenvalue weighted by Gasteiger charge is -2.03. The van der Waals surface area contributed by atoms with Gasteiger partial charge in [-0.15, -0.1) is 0 Å². The van der Waals surface area contributed by atoms with Crippen molar-refractivity contribution in [3.8, 4) is 5.30 Å². The van der Waals surface area contributed by atoms with Crippen LogP contribution in [0.15, 0.2) is 72.8 Å². The first-order valence-corrected chi connectivity index (χ1v) is 8.24. The molecule has 3 aromatic carbocycles. The molecule has 1 unspecified atom stereocenters. The summed E-state index contributed by atoms with van der Waals surface area (Å²) < 4.78 is 0. The Balaban J connectivity index is 2.23. The van der Waals surface area contributed by atoms with Crippen LogP contribution in [0.3, 0.4) is 0 Å². The smallest absolute Gasteiger partial charge is 0.00709 e. The van der Waals surface area contributed by atoms with E-state index < -0.39 is 0 Å². The first kappa shape index (κ1) is 11.8. The molecule has 0 aliphatic carbocycles. The van der Waals surface area contributed by atoms with Crippen molar-refractivity contribution in [3.05, 3.63) is 78.4 Å². The maximum atomic E-state index is 2.37. The minimum atomic E-state index is -0.388. The minimum Gasteiger partial charge on any atom is -0.0772 e. The molecule has 96 valence electrons. The molecule has 0 aliphatic rings. The number of hydrogen-bond acceptors (Lipinski definition) is 0. The van der Waals surface area contributed by atoms with Crippen LogP contribution >= 0.6 is 7.53 Å². The SMILES string of the molecule is Cc1ccc2c3ccccc3p(-c3ccccc3)c2c1. The van der Waals surface area contributed by atoms with Gasteiger partial charge in [-0.3, -0.25) is 0 Å². The van der Waals surface area contributed by atoms with E-state index >= 15 is 0 Å². The Bertz CT molecular complexity index is 901. The Morgan fingerprint density at radius 2 is 1.35 bits per heavy atom. The molecule has 0 saturated heterocycles. The molecule has 1 atom stereocenters. The molecule has 4 aromatic rings. The second-order valence-corrected chi connectivity index (χ2v) is 7.36. The largest absolute Gasteiger partial charge is 0.0772 e. The summed E-state index contributed by atoms with van der Waals surface area (Å²) in [6, 6.07) is 26.7. The highest BCUT2D eigenvalue weighted by Gasteiger charge is 2.12. The van der Waals surface area contributed by atoms with Crippen molar-refractivity contribution < 1.29 is 0 Å². The molecular weight excluding hydrogens is 259 g/mol. The molecule has 0 bridgehead atoms. The van der Waals surface area contributed by atoms with E-state index in [1.54, 1.807) is 0 Å². The maximum Gasteiger partial charge on any atom is 0.00709 e. The topological polar surface area (TPSA) is 0 Å². The summed E-state index contributed by atoms with van der Waals surface area (Å²) in [6.45, 7) is 2.18. The summed E-state index contributed by atoms with van der Waals surface area (Å²) in [5, 5.41) is 7.28. The van der Waals surface area contributed by atoms with Crippen molar-refractivity contribution in [2.75, 3.05) is 0 Å². The molecule has 20 heavy (non-hydrogen) atoms. The van der Waals surface area contributed by atoms with Crippen LogP contribution < -0.4 is 0 Å². The summed E-state index contributed by atoms with van der Waals surface area (Å²) in [5.41, 5.74) is 1.35. The molecule has 0 spiro atoms. The van der Waals surface area contributed by atoms with Gasteiger partial charge in [0.2, 0.25) is 0 Å². The average molecular weight is 274 g/mol. The van der Waals surface area contributed by atoms with E-state index in [0.29, 0.717) is 0 Å². The molecule has 4 rings (SSSR count). The van der Waals surface area contributed by atoms with Gasteiger partial charge in [0, 0.05) is 10.2 Å². The van der Waals surface area contributed by atoms with Crippen LogP contribution in [0.2, 0.25) is 0 Å². The summed E-state index contributed by atoms with van der Waals surface area (Å²) in [5.74, 6) is 0.